The van der Waals surface area contributed by atoms with Gasteiger partial charge in [0.15, 0.2) is 0 Å². The van der Waals surface area contributed by atoms with Gasteiger partial charge in [-0.05, 0) is 60.0 Å². The molecule has 2 heterocycles. The molecule has 20 heavy (non-hydrogen) atoms. The van der Waals surface area contributed by atoms with Crippen LogP contribution in [0.4, 0.5) is 0 Å². The number of ether oxygens (including phenoxy) is 1. The van der Waals surface area contributed by atoms with Crippen LogP contribution in [0.1, 0.15) is 42.5 Å². The van der Waals surface area contributed by atoms with Gasteiger partial charge in [0.1, 0.15) is 0 Å². The number of carbonyl (C=O) groups is 1. The third-order valence-corrected chi connectivity index (χ3v) is 5.06. The van der Waals surface area contributed by atoms with Gasteiger partial charge in [-0.3, -0.25) is 9.78 Å². The number of hydrogen-bond donors (Lipinski definition) is 1. The first-order valence-electron chi connectivity index (χ1n) is 7.20. The summed E-state index contributed by atoms with van der Waals surface area (Å²) in [4.78, 5) is 16.1. The maximum absolute atomic E-state index is 12.2. The van der Waals surface area contributed by atoms with Crippen LogP contribution in [0.3, 0.4) is 0 Å². The Morgan fingerprint density at radius 1 is 1.55 bits per heavy atom. The molecule has 1 aromatic heterocycles. The molecule has 2 fully saturated rings. The Morgan fingerprint density at radius 2 is 2.40 bits per heavy atom. The highest BCUT2D eigenvalue weighted by Gasteiger charge is 2.42. The number of carbonyl (C=O) groups excluding carboxylic acids is 1. The fourth-order valence-electron chi connectivity index (χ4n) is 3.11. The van der Waals surface area contributed by atoms with Gasteiger partial charge in [-0.15, -0.1) is 0 Å². The monoisotopic (exact) mass is 338 g/mol. The van der Waals surface area contributed by atoms with Crippen molar-refractivity contribution in [3.8, 4) is 0 Å². The quantitative estimate of drug-likeness (QED) is 0.921. The summed E-state index contributed by atoms with van der Waals surface area (Å²) in [6.07, 6.45) is 9.07. The molecule has 0 radical (unpaired) electrons. The van der Waals surface area contributed by atoms with Gasteiger partial charge in [0.05, 0.1) is 11.2 Å². The zero-order chi connectivity index (χ0) is 14.0. The summed E-state index contributed by atoms with van der Waals surface area (Å²) in [6, 6.07) is 1.73. The Kier molecular flexibility index (Phi) is 4.08. The van der Waals surface area contributed by atoms with Crippen molar-refractivity contribution in [1.82, 2.24) is 10.3 Å². The third-order valence-electron chi connectivity index (χ3n) is 4.43. The number of pyridine rings is 1. The zero-order valence-corrected chi connectivity index (χ0v) is 13.0. The highest BCUT2D eigenvalue weighted by Crippen LogP contribution is 2.44. The Labute approximate surface area is 127 Å². The van der Waals surface area contributed by atoms with Crippen molar-refractivity contribution < 1.29 is 9.53 Å². The maximum Gasteiger partial charge on any atom is 0.252 e. The highest BCUT2D eigenvalue weighted by atomic mass is 79.9. The summed E-state index contributed by atoms with van der Waals surface area (Å²) in [5.74, 6) is 0.502. The molecule has 2 aliphatic rings. The van der Waals surface area contributed by atoms with E-state index in [4.69, 9.17) is 4.74 Å². The van der Waals surface area contributed by atoms with Gasteiger partial charge >= 0.3 is 0 Å². The van der Waals surface area contributed by atoms with Crippen molar-refractivity contribution in [3.63, 3.8) is 0 Å². The number of nitrogens with one attached hydrogen (secondary N) is 1. The minimum Gasteiger partial charge on any atom is -0.375 e. The summed E-state index contributed by atoms with van der Waals surface area (Å²) in [6.45, 7) is 1.57. The molecule has 1 saturated heterocycles. The number of nitrogens with zero attached hydrogens (tertiary/aromatic N) is 1. The Balaban J connectivity index is 1.54. The van der Waals surface area contributed by atoms with E-state index in [1.54, 1.807) is 18.5 Å². The first kappa shape index (κ1) is 14.0. The van der Waals surface area contributed by atoms with Crippen molar-refractivity contribution in [2.75, 3.05) is 13.2 Å². The predicted octanol–water partition coefficient (Wildman–Crippen LogP) is 2.92. The minimum atomic E-state index is -0.0339. The molecular weight excluding hydrogens is 320 g/mol. The van der Waals surface area contributed by atoms with Crippen molar-refractivity contribution in [2.24, 2.45) is 5.92 Å². The van der Waals surface area contributed by atoms with Crippen LogP contribution in [0.15, 0.2) is 22.9 Å². The van der Waals surface area contributed by atoms with Crippen molar-refractivity contribution in [3.05, 3.63) is 28.5 Å². The van der Waals surface area contributed by atoms with Crippen LogP contribution < -0.4 is 5.32 Å². The second-order valence-electron chi connectivity index (χ2n) is 5.81. The first-order valence-corrected chi connectivity index (χ1v) is 7.99. The van der Waals surface area contributed by atoms with Gasteiger partial charge in [-0.1, -0.05) is 0 Å². The van der Waals surface area contributed by atoms with Crippen LogP contribution in [0.5, 0.6) is 0 Å². The van der Waals surface area contributed by atoms with Crippen LogP contribution in [0, 0.1) is 5.92 Å². The van der Waals surface area contributed by atoms with Crippen LogP contribution in [-0.4, -0.2) is 29.6 Å². The van der Waals surface area contributed by atoms with E-state index in [9.17, 15) is 4.79 Å². The summed E-state index contributed by atoms with van der Waals surface area (Å²) in [5.41, 5.74) is 0.788. The Morgan fingerprint density at radius 3 is 3.10 bits per heavy atom. The van der Waals surface area contributed by atoms with Crippen molar-refractivity contribution in [2.45, 2.75) is 37.7 Å². The van der Waals surface area contributed by atoms with Crippen LogP contribution >= 0.6 is 15.9 Å². The van der Waals surface area contributed by atoms with Crippen LogP contribution in [-0.2, 0) is 4.74 Å². The molecule has 108 valence electrons. The predicted molar refractivity (Wildman–Crippen MR) is 79.5 cm³/mol. The van der Waals surface area contributed by atoms with Crippen LogP contribution in [0.2, 0.25) is 0 Å². The minimum absolute atomic E-state index is 0.0339. The lowest BCUT2D eigenvalue weighted by molar-refractivity contribution is -0.142. The van der Waals surface area contributed by atoms with Gasteiger partial charge in [0.25, 0.3) is 5.91 Å². The number of aromatic nitrogens is 1. The second kappa shape index (κ2) is 5.82. The molecule has 1 aliphatic heterocycles. The average molecular weight is 339 g/mol. The molecule has 1 spiro atoms. The fraction of sp³-hybridized carbons (Fsp3) is 0.600. The largest absolute Gasteiger partial charge is 0.375 e. The van der Waals surface area contributed by atoms with Crippen molar-refractivity contribution >= 4 is 21.8 Å². The zero-order valence-electron chi connectivity index (χ0n) is 11.4. The first-order chi connectivity index (χ1) is 9.69. The number of amides is 1. The van der Waals surface area contributed by atoms with Crippen LogP contribution in [0.25, 0.3) is 0 Å². The van der Waals surface area contributed by atoms with E-state index in [1.165, 1.54) is 19.3 Å². The van der Waals surface area contributed by atoms with E-state index < -0.39 is 0 Å². The van der Waals surface area contributed by atoms with Crippen molar-refractivity contribution in [1.29, 1.82) is 0 Å². The molecule has 1 aromatic rings. The molecule has 3 rings (SSSR count). The lowest BCUT2D eigenvalue weighted by atomic mass is 9.72. The highest BCUT2D eigenvalue weighted by molar-refractivity contribution is 9.10. The van der Waals surface area contributed by atoms with E-state index in [1.807, 2.05) is 0 Å². The molecule has 5 heteroatoms. The second-order valence-corrected chi connectivity index (χ2v) is 6.66. The normalized spacial score (nSPS) is 24.1. The topological polar surface area (TPSA) is 51.2 Å². The third kappa shape index (κ3) is 2.88. The smallest absolute Gasteiger partial charge is 0.252 e. The van der Waals surface area contributed by atoms with E-state index in [0.717, 1.165) is 30.5 Å². The fourth-order valence-corrected chi connectivity index (χ4v) is 3.55. The van der Waals surface area contributed by atoms with Gasteiger partial charge in [0.2, 0.25) is 0 Å². The standard InChI is InChI=1S/C15H19BrN2O2/c16-13-10-17-6-2-12(13)14(19)18-9-11-3-7-20-15(8-11)4-1-5-15/h2,6,10-11H,1,3-5,7-9H2,(H,18,19). The molecule has 0 aromatic carbocycles. The molecule has 4 nitrogen and oxygen atoms in total. The maximum atomic E-state index is 12.2. The number of hydrogen-bond acceptors (Lipinski definition) is 3. The van der Waals surface area contributed by atoms with Gasteiger partial charge in [-0.25, -0.2) is 0 Å². The summed E-state index contributed by atoms with van der Waals surface area (Å²) >= 11 is 3.36. The van der Waals surface area contributed by atoms with E-state index in [2.05, 4.69) is 26.2 Å². The van der Waals surface area contributed by atoms with Gasteiger partial charge in [-0.2, -0.15) is 0 Å². The lowest BCUT2D eigenvalue weighted by Crippen LogP contribution is -2.47. The molecular formula is C15H19BrN2O2. The molecule has 1 atom stereocenters. The molecule has 1 amide bonds. The molecule has 1 aliphatic carbocycles. The van der Waals surface area contributed by atoms with E-state index >= 15 is 0 Å². The lowest BCUT2D eigenvalue weighted by Gasteiger charge is -2.47. The summed E-state index contributed by atoms with van der Waals surface area (Å²) < 4.78 is 6.65. The summed E-state index contributed by atoms with van der Waals surface area (Å²) in [5, 5.41) is 3.04. The Hall–Kier alpha value is -0.940. The molecule has 1 N–H and O–H groups in total. The van der Waals surface area contributed by atoms with E-state index in [0.29, 0.717) is 11.5 Å². The molecule has 1 saturated carbocycles. The Bertz CT molecular complexity index is 502. The molecule has 0 bridgehead atoms. The molecule has 1 unspecified atom stereocenters. The van der Waals surface area contributed by atoms with Gasteiger partial charge in [0, 0.05) is 30.0 Å². The average Bonchev–Trinajstić information content (AvgIpc) is 2.44. The number of rotatable bonds is 3. The number of halogens is 1. The van der Waals surface area contributed by atoms with Gasteiger partial charge < -0.3 is 10.1 Å². The SMILES string of the molecule is O=C(NCC1CCOC2(CCC2)C1)c1ccncc1Br. The van der Waals surface area contributed by atoms with E-state index in [-0.39, 0.29) is 11.5 Å². The summed E-state index contributed by atoms with van der Waals surface area (Å²) in [7, 11) is 0.